The third kappa shape index (κ3) is 6.44. The first kappa shape index (κ1) is 11.0. The van der Waals surface area contributed by atoms with Gasteiger partial charge in [0.05, 0.1) is 6.67 Å². The van der Waals surface area contributed by atoms with Crippen molar-refractivity contribution in [3.05, 3.63) is 0 Å². The fraction of sp³-hybridized carbons (Fsp3) is 1.00. The minimum atomic E-state index is -0.915. The van der Waals surface area contributed by atoms with E-state index in [-0.39, 0.29) is 12.7 Å². The molecule has 0 bridgehead atoms. The first-order valence-electron chi connectivity index (χ1n) is 3.87. The van der Waals surface area contributed by atoms with Crippen LogP contribution in [-0.2, 0) is 10.8 Å². The molecule has 4 heteroatoms. The molecule has 0 heterocycles. The highest BCUT2D eigenvalue weighted by Gasteiger charge is 2.04. The van der Waals surface area contributed by atoms with Crippen molar-refractivity contribution in [3.8, 4) is 0 Å². The fourth-order valence-corrected chi connectivity index (χ4v) is 1.97. The molecular weight excluding hydrogens is 165 g/mol. The molecule has 68 valence electrons. The molecule has 0 saturated carbocycles. The second-order valence-corrected chi connectivity index (χ2v) is 4.14. The molecule has 0 aliphatic carbocycles. The van der Waals surface area contributed by atoms with Crippen LogP contribution in [0.15, 0.2) is 0 Å². The molecule has 0 spiro atoms. The van der Waals surface area contributed by atoms with E-state index in [0.29, 0.717) is 17.9 Å². The highest BCUT2D eigenvalue weighted by Crippen LogP contribution is 1.94. The standard InChI is InChI=1S/C7H16FNOS/c1-2-7(9)6-11(10)5-3-4-8/h7H,2-6,9H2,1H3. The van der Waals surface area contributed by atoms with Gasteiger partial charge < -0.3 is 5.73 Å². The summed E-state index contributed by atoms with van der Waals surface area (Å²) in [5, 5.41) is 0. The van der Waals surface area contributed by atoms with Crippen molar-refractivity contribution < 1.29 is 8.60 Å². The Bertz CT molecular complexity index is 121. The maximum absolute atomic E-state index is 11.6. The molecule has 0 amide bonds. The van der Waals surface area contributed by atoms with E-state index in [2.05, 4.69) is 0 Å². The Labute approximate surface area is 69.8 Å². The van der Waals surface area contributed by atoms with Crippen LogP contribution >= 0.6 is 0 Å². The van der Waals surface area contributed by atoms with Gasteiger partial charge in [-0.25, -0.2) is 0 Å². The predicted molar refractivity (Wildman–Crippen MR) is 46.7 cm³/mol. The largest absolute Gasteiger partial charge is 0.327 e. The van der Waals surface area contributed by atoms with Gasteiger partial charge in [-0.2, -0.15) is 0 Å². The maximum Gasteiger partial charge on any atom is 0.0903 e. The summed E-state index contributed by atoms with van der Waals surface area (Å²) in [5.41, 5.74) is 5.56. The molecule has 0 fully saturated rings. The molecule has 0 radical (unpaired) electrons. The van der Waals surface area contributed by atoms with Crippen LogP contribution in [0.25, 0.3) is 0 Å². The molecule has 11 heavy (non-hydrogen) atoms. The maximum atomic E-state index is 11.6. The smallest absolute Gasteiger partial charge is 0.0903 e. The van der Waals surface area contributed by atoms with Gasteiger partial charge in [-0.15, -0.1) is 0 Å². The topological polar surface area (TPSA) is 43.1 Å². The third-order valence-electron chi connectivity index (χ3n) is 1.43. The molecule has 0 aliphatic heterocycles. The Morgan fingerprint density at radius 2 is 2.27 bits per heavy atom. The van der Waals surface area contributed by atoms with Crippen LogP contribution in [0, 0.1) is 0 Å². The lowest BCUT2D eigenvalue weighted by Crippen LogP contribution is -2.27. The molecular formula is C7H16FNOS. The van der Waals surface area contributed by atoms with Gasteiger partial charge >= 0.3 is 0 Å². The average molecular weight is 181 g/mol. The van der Waals surface area contributed by atoms with Crippen molar-refractivity contribution in [2.45, 2.75) is 25.8 Å². The quantitative estimate of drug-likeness (QED) is 0.659. The van der Waals surface area contributed by atoms with Gasteiger partial charge in [0.1, 0.15) is 0 Å². The Hall–Kier alpha value is 0.0400. The second-order valence-electron chi connectivity index (χ2n) is 2.52. The van der Waals surface area contributed by atoms with Gasteiger partial charge in [-0.1, -0.05) is 6.92 Å². The average Bonchev–Trinajstić information content (AvgIpc) is 2.00. The van der Waals surface area contributed by atoms with Crippen LogP contribution < -0.4 is 5.73 Å². The number of rotatable bonds is 6. The lowest BCUT2D eigenvalue weighted by atomic mass is 10.3. The van der Waals surface area contributed by atoms with Gasteiger partial charge in [-0.05, 0) is 12.8 Å². The van der Waals surface area contributed by atoms with Gasteiger partial charge in [0.2, 0.25) is 0 Å². The van der Waals surface area contributed by atoms with E-state index in [1.165, 1.54) is 0 Å². The lowest BCUT2D eigenvalue weighted by molar-refractivity contribution is 0.487. The number of hydrogen-bond donors (Lipinski definition) is 1. The number of nitrogens with two attached hydrogens (primary N) is 1. The van der Waals surface area contributed by atoms with Crippen LogP contribution in [0.4, 0.5) is 4.39 Å². The van der Waals surface area contributed by atoms with Gasteiger partial charge in [0.25, 0.3) is 0 Å². The lowest BCUT2D eigenvalue weighted by Gasteiger charge is -2.06. The minimum absolute atomic E-state index is 0.00967. The van der Waals surface area contributed by atoms with Crippen LogP contribution in [-0.4, -0.2) is 28.4 Å². The van der Waals surface area contributed by atoms with E-state index in [0.717, 1.165) is 6.42 Å². The Balaban J connectivity index is 3.36. The highest BCUT2D eigenvalue weighted by molar-refractivity contribution is 7.85. The number of halogens is 1. The van der Waals surface area contributed by atoms with Crippen LogP contribution in [0.5, 0.6) is 0 Å². The van der Waals surface area contributed by atoms with Gasteiger partial charge in [0, 0.05) is 28.3 Å². The minimum Gasteiger partial charge on any atom is -0.327 e. The fourth-order valence-electron chi connectivity index (χ4n) is 0.655. The molecule has 0 aromatic rings. The van der Waals surface area contributed by atoms with Crippen molar-refractivity contribution >= 4 is 10.8 Å². The molecule has 2 N–H and O–H groups in total. The summed E-state index contributed by atoms with van der Waals surface area (Å²) in [6.45, 7) is 1.57. The van der Waals surface area contributed by atoms with Crippen molar-refractivity contribution in [1.82, 2.24) is 0 Å². The summed E-state index contributed by atoms with van der Waals surface area (Å²) in [6.07, 6.45) is 1.23. The first-order chi connectivity index (χ1) is 5.20. The summed E-state index contributed by atoms with van der Waals surface area (Å²) >= 11 is 0. The first-order valence-corrected chi connectivity index (χ1v) is 5.36. The molecule has 2 atom stereocenters. The zero-order valence-corrected chi connectivity index (χ0v) is 7.70. The monoisotopic (exact) mass is 181 g/mol. The van der Waals surface area contributed by atoms with E-state index >= 15 is 0 Å². The van der Waals surface area contributed by atoms with E-state index in [1.807, 2.05) is 6.92 Å². The van der Waals surface area contributed by atoms with E-state index in [1.54, 1.807) is 0 Å². The molecule has 0 rings (SSSR count). The number of alkyl halides is 1. The van der Waals surface area contributed by atoms with Crippen molar-refractivity contribution in [3.63, 3.8) is 0 Å². The summed E-state index contributed by atoms with van der Waals surface area (Å²) in [5.74, 6) is 0.959. The van der Waals surface area contributed by atoms with E-state index in [4.69, 9.17) is 5.73 Å². The normalized spacial score (nSPS) is 16.3. The van der Waals surface area contributed by atoms with Crippen LogP contribution in [0.2, 0.25) is 0 Å². The van der Waals surface area contributed by atoms with Crippen molar-refractivity contribution in [1.29, 1.82) is 0 Å². The molecule has 0 aliphatic rings. The zero-order valence-electron chi connectivity index (χ0n) is 6.88. The van der Waals surface area contributed by atoms with E-state index in [9.17, 15) is 8.60 Å². The van der Waals surface area contributed by atoms with Gasteiger partial charge in [0.15, 0.2) is 0 Å². The number of hydrogen-bond acceptors (Lipinski definition) is 2. The summed E-state index contributed by atoms with van der Waals surface area (Å²) < 4.78 is 22.6. The summed E-state index contributed by atoms with van der Waals surface area (Å²) in [6, 6.07) is 0.00967. The molecule has 2 unspecified atom stereocenters. The summed E-state index contributed by atoms with van der Waals surface area (Å²) in [7, 11) is -0.915. The molecule has 0 aromatic heterocycles. The van der Waals surface area contributed by atoms with Gasteiger partial charge in [-0.3, -0.25) is 8.60 Å². The Morgan fingerprint density at radius 3 is 2.73 bits per heavy atom. The van der Waals surface area contributed by atoms with Crippen molar-refractivity contribution in [2.75, 3.05) is 18.2 Å². The molecule has 0 aromatic carbocycles. The molecule has 2 nitrogen and oxygen atoms in total. The summed E-state index contributed by atoms with van der Waals surface area (Å²) in [4.78, 5) is 0. The Morgan fingerprint density at radius 1 is 1.64 bits per heavy atom. The highest BCUT2D eigenvalue weighted by atomic mass is 32.2. The van der Waals surface area contributed by atoms with Crippen molar-refractivity contribution in [2.24, 2.45) is 5.73 Å². The zero-order chi connectivity index (χ0) is 8.69. The third-order valence-corrected chi connectivity index (χ3v) is 2.97. The second kappa shape index (κ2) is 6.73. The Kier molecular flexibility index (Phi) is 6.76. The van der Waals surface area contributed by atoms with Crippen LogP contribution in [0.3, 0.4) is 0 Å². The molecule has 0 saturated heterocycles. The van der Waals surface area contributed by atoms with E-state index < -0.39 is 10.8 Å². The predicted octanol–water partition coefficient (Wildman–Crippen LogP) is 0.832. The van der Waals surface area contributed by atoms with Crippen LogP contribution in [0.1, 0.15) is 19.8 Å². The SMILES string of the molecule is CCC(N)CS(=O)CCCF.